The molecule has 174 valence electrons. The van der Waals surface area contributed by atoms with E-state index in [0.717, 1.165) is 15.8 Å². The number of ketones is 1. The summed E-state index contributed by atoms with van der Waals surface area (Å²) in [6.07, 6.45) is 0.538. The molecule has 34 heavy (non-hydrogen) atoms. The number of halogens is 1. The Bertz CT molecular complexity index is 1230. The van der Waals surface area contributed by atoms with Gasteiger partial charge in [0.05, 0.1) is 25.8 Å². The minimum atomic E-state index is -0.739. The molecule has 1 aliphatic rings. The Morgan fingerprint density at radius 3 is 2.26 bits per heavy atom. The number of ether oxygens (including phenoxy) is 2. The summed E-state index contributed by atoms with van der Waals surface area (Å²) in [5.41, 5.74) is 2.21. The summed E-state index contributed by atoms with van der Waals surface area (Å²) in [6.45, 7) is 0.301. The molecule has 3 aromatic carbocycles. The van der Waals surface area contributed by atoms with Crippen molar-refractivity contribution in [3.63, 3.8) is 0 Å². The molecule has 1 atom stereocenters. The molecule has 1 aliphatic heterocycles. The second kappa shape index (κ2) is 10.1. The van der Waals surface area contributed by atoms with Crippen molar-refractivity contribution in [2.45, 2.75) is 12.5 Å². The lowest BCUT2D eigenvalue weighted by atomic mass is 9.95. The molecule has 1 heterocycles. The van der Waals surface area contributed by atoms with Gasteiger partial charge in [-0.1, -0.05) is 52.3 Å². The van der Waals surface area contributed by atoms with Gasteiger partial charge in [0.2, 0.25) is 0 Å². The molecule has 4 rings (SSSR count). The third-order valence-electron chi connectivity index (χ3n) is 5.87. The predicted molar refractivity (Wildman–Crippen MR) is 133 cm³/mol. The number of benzene rings is 3. The Balaban J connectivity index is 1.75. The molecule has 1 fully saturated rings. The van der Waals surface area contributed by atoms with E-state index in [2.05, 4.69) is 15.9 Å². The highest BCUT2D eigenvalue weighted by Gasteiger charge is 2.45. The molecule has 1 N–H and O–H groups in total. The first-order valence-electron chi connectivity index (χ1n) is 10.7. The molecule has 0 radical (unpaired) electrons. The van der Waals surface area contributed by atoms with Gasteiger partial charge < -0.3 is 19.5 Å². The molecule has 0 spiro atoms. The summed E-state index contributed by atoms with van der Waals surface area (Å²) in [5, 5.41) is 11.1. The van der Waals surface area contributed by atoms with E-state index in [4.69, 9.17) is 9.47 Å². The van der Waals surface area contributed by atoms with Crippen LogP contribution in [0, 0.1) is 0 Å². The topological polar surface area (TPSA) is 76.1 Å². The fraction of sp³-hybridized carbons (Fsp3) is 0.185. The van der Waals surface area contributed by atoms with Gasteiger partial charge in [-0.05, 0) is 53.9 Å². The molecular weight excluding hydrogens is 498 g/mol. The Labute approximate surface area is 206 Å². The summed E-state index contributed by atoms with van der Waals surface area (Å²) in [4.78, 5) is 27.8. The van der Waals surface area contributed by atoms with Crippen LogP contribution in [-0.2, 0) is 16.0 Å². The van der Waals surface area contributed by atoms with Gasteiger partial charge >= 0.3 is 0 Å². The Morgan fingerprint density at radius 2 is 1.62 bits per heavy atom. The fourth-order valence-corrected chi connectivity index (χ4v) is 4.34. The molecule has 0 bridgehead atoms. The van der Waals surface area contributed by atoms with Gasteiger partial charge in [0.1, 0.15) is 17.3 Å². The summed E-state index contributed by atoms with van der Waals surface area (Å²) < 4.78 is 11.4. The van der Waals surface area contributed by atoms with Crippen molar-refractivity contribution in [3.8, 4) is 11.5 Å². The summed E-state index contributed by atoms with van der Waals surface area (Å²) in [7, 11) is 3.16. The van der Waals surface area contributed by atoms with Gasteiger partial charge in [-0.2, -0.15) is 0 Å². The number of carbonyl (C=O) groups is 2. The van der Waals surface area contributed by atoms with Crippen LogP contribution < -0.4 is 9.47 Å². The zero-order chi connectivity index (χ0) is 24.2. The summed E-state index contributed by atoms with van der Waals surface area (Å²) >= 11 is 3.38. The molecule has 0 aliphatic carbocycles. The van der Waals surface area contributed by atoms with E-state index >= 15 is 0 Å². The van der Waals surface area contributed by atoms with Crippen LogP contribution in [0.5, 0.6) is 11.5 Å². The number of rotatable bonds is 7. The lowest BCUT2D eigenvalue weighted by molar-refractivity contribution is -0.139. The standard InChI is InChI=1S/C27H24BrNO5/c1-33-21-12-6-17(7-13-21)14-15-29-24(19-4-3-5-22(16-19)34-2)23(26(31)27(29)32)25(30)18-8-10-20(28)11-9-18/h3-13,16,24,30H,14-15H2,1-2H3/b25-23-. The van der Waals surface area contributed by atoms with Crippen LogP contribution in [0.1, 0.15) is 22.7 Å². The van der Waals surface area contributed by atoms with Crippen LogP contribution in [0.4, 0.5) is 0 Å². The highest BCUT2D eigenvalue weighted by atomic mass is 79.9. The molecule has 1 unspecified atom stereocenters. The summed E-state index contributed by atoms with van der Waals surface area (Å²) in [5.74, 6) is -0.203. The molecule has 1 saturated heterocycles. The van der Waals surface area contributed by atoms with Crippen molar-refractivity contribution < 1.29 is 24.2 Å². The maximum Gasteiger partial charge on any atom is 0.295 e. The Hall–Kier alpha value is -3.58. The maximum atomic E-state index is 13.2. The number of amides is 1. The first-order valence-corrected chi connectivity index (χ1v) is 11.5. The molecular formula is C27H24BrNO5. The van der Waals surface area contributed by atoms with Crippen molar-refractivity contribution in [3.05, 3.63) is 99.5 Å². The zero-order valence-corrected chi connectivity index (χ0v) is 20.4. The normalized spacial score (nSPS) is 17.1. The van der Waals surface area contributed by atoms with Gasteiger partial charge in [0, 0.05) is 16.6 Å². The average molecular weight is 522 g/mol. The molecule has 0 saturated carbocycles. The number of Topliss-reactive ketones (excluding diaryl/α,β-unsaturated/α-hetero) is 1. The number of methoxy groups -OCH3 is 2. The number of hydrogen-bond donors (Lipinski definition) is 1. The molecule has 0 aromatic heterocycles. The fourth-order valence-electron chi connectivity index (χ4n) is 4.07. The Morgan fingerprint density at radius 1 is 0.941 bits per heavy atom. The second-order valence-electron chi connectivity index (χ2n) is 7.87. The van der Waals surface area contributed by atoms with E-state index in [-0.39, 0.29) is 11.3 Å². The minimum Gasteiger partial charge on any atom is -0.507 e. The highest BCUT2D eigenvalue weighted by molar-refractivity contribution is 9.10. The molecule has 1 amide bonds. The van der Waals surface area contributed by atoms with Crippen molar-refractivity contribution in [1.82, 2.24) is 4.90 Å². The van der Waals surface area contributed by atoms with Gasteiger partial charge in [-0.25, -0.2) is 0 Å². The van der Waals surface area contributed by atoms with Crippen LogP contribution >= 0.6 is 15.9 Å². The van der Waals surface area contributed by atoms with Crippen molar-refractivity contribution in [1.29, 1.82) is 0 Å². The van der Waals surface area contributed by atoms with Gasteiger partial charge in [0.15, 0.2) is 0 Å². The van der Waals surface area contributed by atoms with E-state index < -0.39 is 17.7 Å². The maximum absolute atomic E-state index is 13.2. The van der Waals surface area contributed by atoms with Gasteiger partial charge in [0.25, 0.3) is 11.7 Å². The van der Waals surface area contributed by atoms with Crippen LogP contribution in [-0.4, -0.2) is 42.5 Å². The van der Waals surface area contributed by atoms with Crippen molar-refractivity contribution in [2.24, 2.45) is 0 Å². The van der Waals surface area contributed by atoms with E-state index in [1.807, 2.05) is 30.3 Å². The zero-order valence-electron chi connectivity index (χ0n) is 18.8. The third-order valence-corrected chi connectivity index (χ3v) is 6.40. The van der Waals surface area contributed by atoms with Crippen LogP contribution in [0.3, 0.4) is 0 Å². The SMILES string of the molecule is COc1ccc(CCN2C(=O)C(=O)/C(=C(\O)c3ccc(Br)cc3)C2c2cccc(OC)c2)cc1. The molecule has 7 heteroatoms. The van der Waals surface area contributed by atoms with Crippen LogP contribution in [0.25, 0.3) is 5.76 Å². The number of aliphatic hydroxyl groups is 1. The summed E-state index contributed by atoms with van der Waals surface area (Å²) in [6, 6.07) is 21.0. The van der Waals surface area contributed by atoms with Gasteiger partial charge in [-0.15, -0.1) is 0 Å². The number of hydrogen-bond acceptors (Lipinski definition) is 5. The van der Waals surface area contributed by atoms with Crippen molar-refractivity contribution >= 4 is 33.4 Å². The van der Waals surface area contributed by atoms with Gasteiger partial charge in [-0.3, -0.25) is 9.59 Å². The average Bonchev–Trinajstić information content (AvgIpc) is 3.12. The monoisotopic (exact) mass is 521 g/mol. The third kappa shape index (κ3) is 4.70. The van der Waals surface area contributed by atoms with E-state index in [1.54, 1.807) is 56.7 Å². The lowest BCUT2D eigenvalue weighted by Crippen LogP contribution is -2.31. The molecule has 3 aromatic rings. The van der Waals surface area contributed by atoms with Crippen LogP contribution in [0.2, 0.25) is 0 Å². The lowest BCUT2D eigenvalue weighted by Gasteiger charge is -2.25. The van der Waals surface area contributed by atoms with E-state index in [9.17, 15) is 14.7 Å². The molecule has 6 nitrogen and oxygen atoms in total. The number of nitrogens with zero attached hydrogens (tertiary/aromatic N) is 1. The number of carbonyl (C=O) groups excluding carboxylic acids is 2. The second-order valence-corrected chi connectivity index (χ2v) is 8.79. The smallest absolute Gasteiger partial charge is 0.295 e. The first-order chi connectivity index (χ1) is 16.4. The highest BCUT2D eigenvalue weighted by Crippen LogP contribution is 2.40. The largest absolute Gasteiger partial charge is 0.507 e. The minimum absolute atomic E-state index is 0.0651. The number of likely N-dealkylation sites (tertiary alicyclic amines) is 1. The predicted octanol–water partition coefficient (Wildman–Crippen LogP) is 5.13. The Kier molecular flexibility index (Phi) is 7.03. The quantitative estimate of drug-likeness (QED) is 0.265. The first kappa shape index (κ1) is 23.6. The van der Waals surface area contributed by atoms with E-state index in [0.29, 0.717) is 29.8 Å². The number of aliphatic hydroxyl groups excluding tert-OH is 1. The van der Waals surface area contributed by atoms with Crippen LogP contribution in [0.15, 0.2) is 82.8 Å². The van der Waals surface area contributed by atoms with E-state index in [1.165, 1.54) is 4.90 Å². The van der Waals surface area contributed by atoms with Crippen molar-refractivity contribution in [2.75, 3.05) is 20.8 Å².